The van der Waals surface area contributed by atoms with Crippen LogP contribution in [-0.4, -0.2) is 28.1 Å². The zero-order valence-electron chi connectivity index (χ0n) is 11.8. The minimum absolute atomic E-state index is 0.144. The number of esters is 1. The lowest BCUT2D eigenvalue weighted by Crippen LogP contribution is -2.08. The molecule has 0 atom stereocenters. The molecule has 1 aromatic carbocycles. The van der Waals surface area contributed by atoms with Crippen molar-refractivity contribution in [3.63, 3.8) is 0 Å². The number of carboxylic acid groups (broad SMARTS) is 2. The zero-order chi connectivity index (χ0) is 16.6. The number of carbonyl (C=O) groups excluding carboxylic acids is 1. The van der Waals surface area contributed by atoms with Gasteiger partial charge in [0.15, 0.2) is 0 Å². The average Bonchev–Trinajstić information content (AvgIpc) is 2.39. The quantitative estimate of drug-likeness (QED) is 0.502. The maximum absolute atomic E-state index is 11.1. The zero-order valence-corrected chi connectivity index (χ0v) is 11.8. The molecule has 1 rings (SSSR count). The molecule has 0 spiro atoms. The highest BCUT2D eigenvalue weighted by Gasteiger charge is 2.06. The van der Waals surface area contributed by atoms with Crippen molar-refractivity contribution in [2.75, 3.05) is 0 Å². The molecule has 0 saturated carbocycles. The molecule has 0 bridgehead atoms. The van der Waals surface area contributed by atoms with Gasteiger partial charge in [-0.15, -0.1) is 0 Å². The molecule has 112 valence electrons. The number of hydrogen-bond donors (Lipinski definition) is 2. The van der Waals surface area contributed by atoms with Crippen molar-refractivity contribution >= 4 is 17.9 Å². The van der Waals surface area contributed by atoms with Crippen molar-refractivity contribution in [3.05, 3.63) is 54.1 Å². The minimum Gasteiger partial charge on any atom is -0.478 e. The van der Waals surface area contributed by atoms with Crippen LogP contribution in [-0.2, 0) is 9.59 Å². The second-order valence-corrected chi connectivity index (χ2v) is 4.08. The summed E-state index contributed by atoms with van der Waals surface area (Å²) in [5.74, 6) is -2.19. The Kier molecular flexibility index (Phi) is 7.17. The van der Waals surface area contributed by atoms with E-state index in [-0.39, 0.29) is 16.7 Å². The number of rotatable bonds is 4. The largest absolute Gasteiger partial charge is 0.478 e. The molecule has 0 amide bonds. The van der Waals surface area contributed by atoms with Crippen molar-refractivity contribution in [1.82, 2.24) is 0 Å². The Morgan fingerprint density at radius 1 is 0.952 bits per heavy atom. The summed E-state index contributed by atoms with van der Waals surface area (Å²) in [5.41, 5.74) is 0.609. The Morgan fingerprint density at radius 2 is 1.38 bits per heavy atom. The van der Waals surface area contributed by atoms with E-state index in [1.165, 1.54) is 38.1 Å². The van der Waals surface area contributed by atoms with Crippen LogP contribution in [0.4, 0.5) is 0 Å². The summed E-state index contributed by atoms with van der Waals surface area (Å²) in [6.07, 6.45) is 0. The highest BCUT2D eigenvalue weighted by Crippen LogP contribution is 2.13. The van der Waals surface area contributed by atoms with Gasteiger partial charge in [-0.05, 0) is 38.1 Å². The number of aromatic carboxylic acids is 1. The lowest BCUT2D eigenvalue weighted by molar-refractivity contribution is -0.132. The van der Waals surface area contributed by atoms with Crippen LogP contribution in [0.15, 0.2) is 48.6 Å². The summed E-state index contributed by atoms with van der Waals surface area (Å²) in [6, 6.07) is 5.57. The van der Waals surface area contributed by atoms with Gasteiger partial charge in [-0.2, -0.15) is 0 Å². The molecule has 0 radical (unpaired) electrons. The molecule has 0 heterocycles. The Balaban J connectivity index is 0.000000567. The third kappa shape index (κ3) is 7.31. The number of carboxylic acids is 2. The first-order valence-electron chi connectivity index (χ1n) is 5.75. The van der Waals surface area contributed by atoms with Gasteiger partial charge in [0, 0.05) is 11.1 Å². The number of aliphatic carboxylic acids is 1. The van der Waals surface area contributed by atoms with Gasteiger partial charge >= 0.3 is 17.9 Å². The molecule has 0 fully saturated rings. The van der Waals surface area contributed by atoms with E-state index in [0.29, 0.717) is 5.75 Å². The van der Waals surface area contributed by atoms with E-state index in [2.05, 4.69) is 13.2 Å². The summed E-state index contributed by atoms with van der Waals surface area (Å²) >= 11 is 0. The fourth-order valence-corrected chi connectivity index (χ4v) is 0.860. The first-order valence-corrected chi connectivity index (χ1v) is 5.75. The molecule has 21 heavy (non-hydrogen) atoms. The van der Waals surface area contributed by atoms with Crippen molar-refractivity contribution in [1.29, 1.82) is 0 Å². The summed E-state index contributed by atoms with van der Waals surface area (Å²) in [4.78, 5) is 31.2. The van der Waals surface area contributed by atoms with E-state index in [1.54, 1.807) is 0 Å². The normalized spacial score (nSPS) is 8.86. The van der Waals surface area contributed by atoms with Crippen molar-refractivity contribution in [2.24, 2.45) is 0 Å². The van der Waals surface area contributed by atoms with Gasteiger partial charge in [-0.25, -0.2) is 14.4 Å². The smallest absolute Gasteiger partial charge is 0.338 e. The Bertz CT molecular complexity index is 556. The average molecular weight is 292 g/mol. The monoisotopic (exact) mass is 292 g/mol. The second-order valence-electron chi connectivity index (χ2n) is 4.08. The van der Waals surface area contributed by atoms with E-state index in [4.69, 9.17) is 14.9 Å². The third-order valence-corrected chi connectivity index (χ3v) is 2.03. The number of benzene rings is 1. The molecular formula is C15H16O6. The predicted octanol–water partition coefficient (Wildman–Crippen LogP) is 2.51. The highest BCUT2D eigenvalue weighted by molar-refractivity contribution is 5.89. The van der Waals surface area contributed by atoms with Gasteiger partial charge in [0.2, 0.25) is 0 Å². The van der Waals surface area contributed by atoms with Crippen molar-refractivity contribution in [2.45, 2.75) is 13.8 Å². The van der Waals surface area contributed by atoms with E-state index < -0.39 is 17.9 Å². The van der Waals surface area contributed by atoms with Crippen LogP contribution in [0.2, 0.25) is 0 Å². The van der Waals surface area contributed by atoms with E-state index in [9.17, 15) is 14.4 Å². The second kappa shape index (κ2) is 8.31. The number of carbonyl (C=O) groups is 3. The first-order chi connectivity index (χ1) is 9.65. The Labute approximate surface area is 122 Å². The molecule has 0 aliphatic carbocycles. The minimum atomic E-state index is -1.02. The van der Waals surface area contributed by atoms with E-state index >= 15 is 0 Å². The molecule has 2 N–H and O–H groups in total. The first kappa shape index (κ1) is 18.1. The van der Waals surface area contributed by atoms with Crippen LogP contribution < -0.4 is 4.74 Å². The molecule has 6 heteroatoms. The molecule has 6 nitrogen and oxygen atoms in total. The summed E-state index contributed by atoms with van der Waals surface area (Å²) in [5, 5.41) is 16.5. The van der Waals surface area contributed by atoms with Gasteiger partial charge in [-0.1, -0.05) is 13.2 Å². The SMILES string of the molecule is C=C(C)C(=O)O.C=C(C)C(=O)Oc1ccc(C(=O)O)cc1. The number of hydrogen-bond acceptors (Lipinski definition) is 4. The van der Waals surface area contributed by atoms with Crippen LogP contribution in [0.5, 0.6) is 5.75 Å². The Hall–Kier alpha value is -2.89. The van der Waals surface area contributed by atoms with Gasteiger partial charge in [-0.3, -0.25) is 0 Å². The van der Waals surface area contributed by atoms with Gasteiger partial charge in [0.05, 0.1) is 5.56 Å². The van der Waals surface area contributed by atoms with Gasteiger partial charge in [0.1, 0.15) is 5.75 Å². The molecule has 0 aliphatic heterocycles. The van der Waals surface area contributed by atoms with E-state index in [1.807, 2.05) is 0 Å². The third-order valence-electron chi connectivity index (χ3n) is 2.03. The molecule has 1 aromatic rings. The van der Waals surface area contributed by atoms with Crippen LogP contribution in [0.3, 0.4) is 0 Å². The lowest BCUT2D eigenvalue weighted by Gasteiger charge is -2.03. The highest BCUT2D eigenvalue weighted by atomic mass is 16.5. The molecule has 0 aliphatic rings. The maximum Gasteiger partial charge on any atom is 0.338 e. The van der Waals surface area contributed by atoms with Gasteiger partial charge < -0.3 is 14.9 Å². The maximum atomic E-state index is 11.1. The predicted molar refractivity (Wildman–Crippen MR) is 76.3 cm³/mol. The van der Waals surface area contributed by atoms with Crippen LogP contribution in [0.1, 0.15) is 24.2 Å². The van der Waals surface area contributed by atoms with Crippen LogP contribution >= 0.6 is 0 Å². The fourth-order valence-electron chi connectivity index (χ4n) is 0.860. The fraction of sp³-hybridized carbons (Fsp3) is 0.133. The molecule has 0 unspecified atom stereocenters. The van der Waals surface area contributed by atoms with E-state index in [0.717, 1.165) is 0 Å². The van der Waals surface area contributed by atoms with Crippen molar-refractivity contribution < 1.29 is 29.3 Å². The Morgan fingerprint density at radius 3 is 1.67 bits per heavy atom. The van der Waals surface area contributed by atoms with Gasteiger partial charge in [0.25, 0.3) is 0 Å². The summed E-state index contributed by atoms with van der Waals surface area (Å²) < 4.78 is 4.88. The van der Waals surface area contributed by atoms with Crippen molar-refractivity contribution in [3.8, 4) is 5.75 Å². The topological polar surface area (TPSA) is 101 Å². The van der Waals surface area contributed by atoms with Crippen LogP contribution in [0, 0.1) is 0 Å². The molecule has 0 saturated heterocycles. The summed E-state index contributed by atoms with van der Waals surface area (Å²) in [7, 11) is 0. The standard InChI is InChI=1S/C11H10O4.C4H6O2/c1-7(2)11(14)15-9-5-3-8(4-6-9)10(12)13;1-3(2)4(5)6/h3-6H,1H2,2H3,(H,12,13);1H2,2H3,(H,5,6). The summed E-state index contributed by atoms with van der Waals surface area (Å²) in [6.45, 7) is 9.57. The van der Waals surface area contributed by atoms with Crippen LogP contribution in [0.25, 0.3) is 0 Å². The molecular weight excluding hydrogens is 276 g/mol. The lowest BCUT2D eigenvalue weighted by atomic mass is 10.2. The molecule has 0 aromatic heterocycles. The number of ether oxygens (including phenoxy) is 1.